The number of carbonyl (C=O) groups excluding carboxylic acids is 1. The molecule has 1 unspecified atom stereocenters. The first-order valence-electron chi connectivity index (χ1n) is 11.8. The van der Waals surface area contributed by atoms with E-state index in [2.05, 4.69) is 15.9 Å². The highest BCUT2D eigenvalue weighted by molar-refractivity contribution is 7.91. The standard InChI is InChI=1S/C23H33N3O5S/c27-23(26(19-3-1-2-4-19)20-7-12-32(28,29)16-20)15-25-10-8-24(9-11-25)14-18-5-6-21-22(13-18)31-17-30-21/h5-6,13,19-20H,1-4,7-12,14-17H2. The van der Waals surface area contributed by atoms with Gasteiger partial charge in [-0.3, -0.25) is 14.6 Å². The maximum atomic E-state index is 13.3. The quantitative estimate of drug-likeness (QED) is 0.632. The molecule has 9 heteroatoms. The number of benzene rings is 1. The van der Waals surface area contributed by atoms with Crippen molar-refractivity contribution < 1.29 is 22.7 Å². The largest absolute Gasteiger partial charge is 0.454 e. The van der Waals surface area contributed by atoms with E-state index in [0.717, 1.165) is 69.9 Å². The monoisotopic (exact) mass is 463 g/mol. The van der Waals surface area contributed by atoms with Gasteiger partial charge in [0.25, 0.3) is 0 Å². The normalized spacial score (nSPS) is 25.9. The summed E-state index contributed by atoms with van der Waals surface area (Å²) < 4.78 is 35.0. The Kier molecular flexibility index (Phi) is 6.31. The first-order valence-corrected chi connectivity index (χ1v) is 13.6. The van der Waals surface area contributed by atoms with Gasteiger partial charge in [-0.1, -0.05) is 18.9 Å². The molecule has 1 aliphatic carbocycles. The van der Waals surface area contributed by atoms with Gasteiger partial charge in [0.05, 0.1) is 18.1 Å². The van der Waals surface area contributed by atoms with Crippen molar-refractivity contribution in [2.24, 2.45) is 0 Å². The average molecular weight is 464 g/mol. The van der Waals surface area contributed by atoms with E-state index in [1.54, 1.807) is 0 Å². The molecule has 0 N–H and O–H groups in total. The fourth-order valence-corrected chi connectivity index (χ4v) is 7.27. The maximum absolute atomic E-state index is 13.3. The summed E-state index contributed by atoms with van der Waals surface area (Å²) in [5.41, 5.74) is 1.20. The third kappa shape index (κ3) is 4.89. The highest BCUT2D eigenvalue weighted by Crippen LogP contribution is 2.33. The smallest absolute Gasteiger partial charge is 0.237 e. The number of hydrogen-bond acceptors (Lipinski definition) is 7. The molecule has 0 bridgehead atoms. The summed E-state index contributed by atoms with van der Waals surface area (Å²) in [7, 11) is -3.01. The predicted molar refractivity (Wildman–Crippen MR) is 120 cm³/mol. The second kappa shape index (κ2) is 9.19. The molecule has 3 fully saturated rings. The molecule has 1 atom stereocenters. The summed E-state index contributed by atoms with van der Waals surface area (Å²) in [4.78, 5) is 19.9. The Hall–Kier alpha value is -1.84. The zero-order chi connectivity index (χ0) is 22.1. The molecule has 2 saturated heterocycles. The average Bonchev–Trinajstić information content (AvgIpc) is 3.51. The first kappa shape index (κ1) is 22.0. The van der Waals surface area contributed by atoms with Crippen molar-refractivity contribution >= 4 is 15.7 Å². The van der Waals surface area contributed by atoms with Gasteiger partial charge in [0.15, 0.2) is 21.3 Å². The molecule has 0 aromatic heterocycles. The van der Waals surface area contributed by atoms with Gasteiger partial charge in [0.1, 0.15) is 0 Å². The van der Waals surface area contributed by atoms with Gasteiger partial charge < -0.3 is 14.4 Å². The topological polar surface area (TPSA) is 79.4 Å². The van der Waals surface area contributed by atoms with Gasteiger partial charge in [0.2, 0.25) is 12.7 Å². The van der Waals surface area contributed by atoms with Crippen molar-refractivity contribution in [3.63, 3.8) is 0 Å². The molecule has 4 aliphatic rings. The highest BCUT2D eigenvalue weighted by Gasteiger charge is 2.39. The van der Waals surface area contributed by atoms with Crippen molar-refractivity contribution in [3.05, 3.63) is 23.8 Å². The lowest BCUT2D eigenvalue weighted by Crippen LogP contribution is -2.53. The number of rotatable bonds is 6. The summed E-state index contributed by atoms with van der Waals surface area (Å²) in [6, 6.07) is 6.18. The van der Waals surface area contributed by atoms with Gasteiger partial charge in [-0.2, -0.15) is 0 Å². The number of amides is 1. The van der Waals surface area contributed by atoms with Crippen LogP contribution in [0.1, 0.15) is 37.7 Å². The Morgan fingerprint density at radius 1 is 0.969 bits per heavy atom. The van der Waals surface area contributed by atoms with Gasteiger partial charge >= 0.3 is 0 Å². The summed E-state index contributed by atoms with van der Waals surface area (Å²) in [5, 5.41) is 0. The van der Waals surface area contributed by atoms with E-state index in [4.69, 9.17) is 9.47 Å². The number of nitrogens with zero attached hydrogens (tertiary/aromatic N) is 3. The minimum Gasteiger partial charge on any atom is -0.454 e. The Morgan fingerprint density at radius 2 is 1.69 bits per heavy atom. The third-order valence-corrected chi connectivity index (χ3v) is 9.03. The minimum absolute atomic E-state index is 0.114. The van der Waals surface area contributed by atoms with Crippen molar-refractivity contribution in [3.8, 4) is 11.5 Å². The Morgan fingerprint density at radius 3 is 2.41 bits per heavy atom. The molecule has 0 radical (unpaired) electrons. The summed E-state index contributed by atoms with van der Waals surface area (Å²) in [6.07, 6.45) is 4.87. The third-order valence-electron chi connectivity index (χ3n) is 7.27. The highest BCUT2D eigenvalue weighted by atomic mass is 32.2. The molecule has 1 amide bonds. The molecule has 0 spiro atoms. The Labute approximate surface area is 190 Å². The van der Waals surface area contributed by atoms with Crippen LogP contribution in [-0.4, -0.2) is 92.1 Å². The fraction of sp³-hybridized carbons (Fsp3) is 0.696. The Balaban J connectivity index is 1.15. The molecule has 1 aromatic carbocycles. The molecule has 176 valence electrons. The lowest BCUT2D eigenvalue weighted by Gasteiger charge is -2.38. The molecule has 3 heterocycles. The lowest BCUT2D eigenvalue weighted by molar-refractivity contribution is -0.137. The Bertz CT molecular complexity index is 939. The SMILES string of the molecule is O=C(CN1CCN(Cc2ccc3c(c2)OCO3)CC1)N(C1CCCC1)C1CCS(=O)(=O)C1. The van der Waals surface area contributed by atoms with Gasteiger partial charge in [-0.25, -0.2) is 8.42 Å². The molecule has 3 aliphatic heterocycles. The number of piperazine rings is 1. The van der Waals surface area contributed by atoms with Crippen LogP contribution in [0.25, 0.3) is 0 Å². The van der Waals surface area contributed by atoms with Crippen molar-refractivity contribution in [1.29, 1.82) is 0 Å². The predicted octanol–water partition coefficient (Wildman–Crippen LogP) is 1.49. The number of ether oxygens (including phenoxy) is 2. The van der Waals surface area contributed by atoms with Crippen molar-refractivity contribution in [2.45, 2.75) is 50.7 Å². The number of carbonyl (C=O) groups is 1. The zero-order valence-corrected chi connectivity index (χ0v) is 19.4. The van der Waals surface area contributed by atoms with E-state index < -0.39 is 9.84 Å². The first-order chi connectivity index (χ1) is 15.5. The molecular formula is C23H33N3O5S. The van der Waals surface area contributed by atoms with Gasteiger partial charge in [-0.05, 0) is 37.0 Å². The molecule has 1 saturated carbocycles. The van der Waals surface area contributed by atoms with E-state index in [1.165, 1.54) is 5.56 Å². The maximum Gasteiger partial charge on any atom is 0.237 e. The molecule has 5 rings (SSSR count). The molecule has 32 heavy (non-hydrogen) atoms. The summed E-state index contributed by atoms with van der Waals surface area (Å²) >= 11 is 0. The van der Waals surface area contributed by atoms with E-state index in [1.807, 2.05) is 17.0 Å². The van der Waals surface area contributed by atoms with Crippen LogP contribution in [0, 0.1) is 0 Å². The van der Waals surface area contributed by atoms with Crippen LogP contribution >= 0.6 is 0 Å². The lowest BCUT2D eigenvalue weighted by atomic mass is 10.1. The summed E-state index contributed by atoms with van der Waals surface area (Å²) in [6.45, 7) is 5.04. The van der Waals surface area contributed by atoms with Crippen LogP contribution in [0.5, 0.6) is 11.5 Å². The number of fused-ring (bicyclic) bond motifs is 1. The summed E-state index contributed by atoms with van der Waals surface area (Å²) in [5.74, 6) is 2.08. The van der Waals surface area contributed by atoms with Crippen LogP contribution in [0.4, 0.5) is 0 Å². The molecule has 1 aromatic rings. The fourth-order valence-electron chi connectivity index (χ4n) is 5.56. The van der Waals surface area contributed by atoms with E-state index in [0.29, 0.717) is 13.0 Å². The van der Waals surface area contributed by atoms with Crippen LogP contribution in [0.3, 0.4) is 0 Å². The van der Waals surface area contributed by atoms with E-state index >= 15 is 0 Å². The second-order valence-electron chi connectivity index (χ2n) is 9.54. The number of hydrogen-bond donors (Lipinski definition) is 0. The van der Waals surface area contributed by atoms with Crippen molar-refractivity contribution in [2.75, 3.05) is 51.0 Å². The van der Waals surface area contributed by atoms with Gasteiger partial charge in [-0.15, -0.1) is 0 Å². The van der Waals surface area contributed by atoms with Crippen LogP contribution in [0.2, 0.25) is 0 Å². The molecule has 8 nitrogen and oxygen atoms in total. The second-order valence-corrected chi connectivity index (χ2v) is 11.8. The minimum atomic E-state index is -3.01. The zero-order valence-electron chi connectivity index (χ0n) is 18.6. The molecular weight excluding hydrogens is 430 g/mol. The van der Waals surface area contributed by atoms with Crippen LogP contribution in [0.15, 0.2) is 18.2 Å². The van der Waals surface area contributed by atoms with Crippen LogP contribution in [-0.2, 0) is 21.2 Å². The van der Waals surface area contributed by atoms with E-state index in [9.17, 15) is 13.2 Å². The number of sulfone groups is 1. The van der Waals surface area contributed by atoms with Crippen LogP contribution < -0.4 is 9.47 Å². The van der Waals surface area contributed by atoms with Gasteiger partial charge in [0, 0.05) is 44.8 Å². The van der Waals surface area contributed by atoms with E-state index in [-0.39, 0.29) is 36.3 Å². The van der Waals surface area contributed by atoms with Crippen molar-refractivity contribution in [1.82, 2.24) is 14.7 Å².